The Balaban J connectivity index is 2.30. The third-order valence-corrected chi connectivity index (χ3v) is 2.59. The number of aromatic nitrogens is 2. The van der Waals surface area contributed by atoms with E-state index in [2.05, 4.69) is 36.1 Å². The topological polar surface area (TPSA) is 56.3 Å². The quantitative estimate of drug-likeness (QED) is 0.667. The normalized spacial score (nSPS) is 10.8. The monoisotopic (exact) mass is 281 g/mol. The first-order chi connectivity index (χ1) is 9.61. The lowest BCUT2D eigenvalue weighted by Gasteiger charge is -2.09. The molecule has 0 saturated carbocycles. The van der Waals surface area contributed by atoms with Crippen molar-refractivity contribution in [2.24, 2.45) is 0 Å². The maximum atomic E-state index is 5.54. The highest BCUT2D eigenvalue weighted by molar-refractivity contribution is 5.30. The Morgan fingerprint density at radius 1 is 1.20 bits per heavy atom. The lowest BCUT2D eigenvalue weighted by Crippen LogP contribution is -2.09. The Bertz CT molecular complexity index is 383. The van der Waals surface area contributed by atoms with Gasteiger partial charge in [0.05, 0.1) is 12.7 Å². The third kappa shape index (κ3) is 7.28. The number of nitrogens with zero attached hydrogens (tertiary/aromatic N) is 2. The molecule has 0 atom stereocenters. The van der Waals surface area contributed by atoms with E-state index in [-0.39, 0.29) is 0 Å². The molecule has 0 fully saturated rings. The fourth-order valence-electron chi connectivity index (χ4n) is 1.65. The summed E-state index contributed by atoms with van der Waals surface area (Å²) in [5.41, 5.74) is 0.914. The van der Waals surface area contributed by atoms with Gasteiger partial charge in [-0.3, -0.25) is 0 Å². The highest BCUT2D eigenvalue weighted by Gasteiger charge is 2.02. The first-order valence-electron chi connectivity index (χ1n) is 7.45. The molecule has 0 radical (unpaired) electrons. The molecule has 1 N–H and O–H groups in total. The van der Waals surface area contributed by atoms with Crippen LogP contribution in [0.15, 0.2) is 6.07 Å². The van der Waals surface area contributed by atoms with Gasteiger partial charge in [-0.15, -0.1) is 0 Å². The van der Waals surface area contributed by atoms with Crippen LogP contribution in [0.25, 0.3) is 0 Å². The summed E-state index contributed by atoms with van der Waals surface area (Å²) in [6, 6.07) is 1.86. The Morgan fingerprint density at radius 2 is 2.00 bits per heavy atom. The van der Waals surface area contributed by atoms with Crippen molar-refractivity contribution < 1.29 is 9.47 Å². The SMILES string of the molecule is CCCOc1cc(C)nc(NCCCCOC(C)C)n1. The van der Waals surface area contributed by atoms with Crippen molar-refractivity contribution in [3.63, 3.8) is 0 Å². The van der Waals surface area contributed by atoms with E-state index in [9.17, 15) is 0 Å². The molecular formula is C15H27N3O2. The van der Waals surface area contributed by atoms with Crippen molar-refractivity contribution in [1.82, 2.24) is 9.97 Å². The van der Waals surface area contributed by atoms with Crippen molar-refractivity contribution in [3.05, 3.63) is 11.8 Å². The zero-order valence-electron chi connectivity index (χ0n) is 13.1. The molecule has 1 rings (SSSR count). The van der Waals surface area contributed by atoms with E-state index in [4.69, 9.17) is 9.47 Å². The van der Waals surface area contributed by atoms with Gasteiger partial charge in [0.2, 0.25) is 11.8 Å². The molecule has 114 valence electrons. The molecule has 0 aliphatic heterocycles. The summed E-state index contributed by atoms with van der Waals surface area (Å²) in [6.07, 6.45) is 3.36. The molecule has 1 aromatic rings. The maximum Gasteiger partial charge on any atom is 0.226 e. The van der Waals surface area contributed by atoms with Gasteiger partial charge in [0, 0.05) is 24.9 Å². The molecule has 0 aliphatic rings. The standard InChI is InChI=1S/C15H27N3O2/c1-5-9-20-14-11-13(4)17-15(18-14)16-8-6-7-10-19-12(2)3/h11-12H,5-10H2,1-4H3,(H,16,17,18). The smallest absolute Gasteiger partial charge is 0.226 e. The van der Waals surface area contributed by atoms with Gasteiger partial charge >= 0.3 is 0 Å². The number of aryl methyl sites for hydroxylation is 1. The molecule has 5 heteroatoms. The molecule has 1 aromatic heterocycles. The fraction of sp³-hybridized carbons (Fsp3) is 0.733. The Morgan fingerprint density at radius 3 is 2.70 bits per heavy atom. The summed E-state index contributed by atoms with van der Waals surface area (Å²) in [7, 11) is 0. The summed E-state index contributed by atoms with van der Waals surface area (Å²) in [5.74, 6) is 1.28. The number of ether oxygens (including phenoxy) is 2. The molecule has 0 saturated heterocycles. The van der Waals surface area contributed by atoms with Crippen molar-refractivity contribution in [2.45, 2.75) is 53.1 Å². The van der Waals surface area contributed by atoms with Crippen LogP contribution in [0, 0.1) is 6.92 Å². The number of rotatable bonds is 10. The molecule has 0 unspecified atom stereocenters. The summed E-state index contributed by atoms with van der Waals surface area (Å²) in [4.78, 5) is 8.70. The van der Waals surface area contributed by atoms with E-state index in [1.807, 2.05) is 13.0 Å². The molecular weight excluding hydrogens is 254 g/mol. The largest absolute Gasteiger partial charge is 0.478 e. The van der Waals surface area contributed by atoms with Crippen LogP contribution in [0.1, 0.15) is 45.7 Å². The second kappa shape index (κ2) is 9.53. The van der Waals surface area contributed by atoms with E-state index in [1.165, 1.54) is 0 Å². The highest BCUT2D eigenvalue weighted by atomic mass is 16.5. The molecule has 1 heterocycles. The van der Waals surface area contributed by atoms with Crippen LogP contribution in [0.3, 0.4) is 0 Å². The zero-order chi connectivity index (χ0) is 14.8. The molecule has 0 amide bonds. The van der Waals surface area contributed by atoms with Crippen molar-refractivity contribution in [3.8, 4) is 5.88 Å². The molecule has 20 heavy (non-hydrogen) atoms. The van der Waals surface area contributed by atoms with Crippen LogP contribution >= 0.6 is 0 Å². The first kappa shape index (κ1) is 16.7. The number of hydrogen-bond acceptors (Lipinski definition) is 5. The van der Waals surface area contributed by atoms with Crippen molar-refractivity contribution in [1.29, 1.82) is 0 Å². The zero-order valence-corrected chi connectivity index (χ0v) is 13.1. The number of hydrogen-bond donors (Lipinski definition) is 1. The average molecular weight is 281 g/mol. The lowest BCUT2D eigenvalue weighted by atomic mass is 10.3. The van der Waals surface area contributed by atoms with E-state index >= 15 is 0 Å². The van der Waals surface area contributed by atoms with E-state index < -0.39 is 0 Å². The first-order valence-corrected chi connectivity index (χ1v) is 7.45. The van der Waals surface area contributed by atoms with Crippen molar-refractivity contribution in [2.75, 3.05) is 25.1 Å². The van der Waals surface area contributed by atoms with Gasteiger partial charge < -0.3 is 14.8 Å². The number of anilines is 1. The van der Waals surface area contributed by atoms with Crippen LogP contribution < -0.4 is 10.1 Å². The van der Waals surface area contributed by atoms with Crippen LogP contribution in [0.2, 0.25) is 0 Å². The van der Waals surface area contributed by atoms with Gasteiger partial charge in [-0.2, -0.15) is 4.98 Å². The molecule has 0 aliphatic carbocycles. The van der Waals surface area contributed by atoms with E-state index in [0.717, 1.165) is 38.1 Å². The minimum Gasteiger partial charge on any atom is -0.478 e. The minimum atomic E-state index is 0.307. The van der Waals surface area contributed by atoms with Crippen LogP contribution in [0.5, 0.6) is 5.88 Å². The summed E-state index contributed by atoms with van der Waals surface area (Å²) >= 11 is 0. The lowest BCUT2D eigenvalue weighted by molar-refractivity contribution is 0.0765. The second-order valence-corrected chi connectivity index (χ2v) is 5.07. The molecule has 5 nitrogen and oxygen atoms in total. The van der Waals surface area contributed by atoms with Gasteiger partial charge in [-0.25, -0.2) is 4.98 Å². The number of unbranched alkanes of at least 4 members (excludes halogenated alkanes) is 1. The third-order valence-electron chi connectivity index (χ3n) is 2.59. The molecule has 0 aromatic carbocycles. The van der Waals surface area contributed by atoms with Crippen LogP contribution in [-0.4, -0.2) is 35.8 Å². The minimum absolute atomic E-state index is 0.307. The predicted molar refractivity (Wildman–Crippen MR) is 81.4 cm³/mol. The molecule has 0 spiro atoms. The van der Waals surface area contributed by atoms with Crippen molar-refractivity contribution >= 4 is 5.95 Å². The maximum absolute atomic E-state index is 5.54. The summed E-state index contributed by atoms with van der Waals surface area (Å²) in [6.45, 7) is 10.5. The summed E-state index contributed by atoms with van der Waals surface area (Å²) in [5, 5.41) is 3.23. The Hall–Kier alpha value is -1.36. The van der Waals surface area contributed by atoms with E-state index in [0.29, 0.717) is 24.5 Å². The van der Waals surface area contributed by atoms with Gasteiger partial charge in [0.1, 0.15) is 0 Å². The van der Waals surface area contributed by atoms with Crippen LogP contribution in [-0.2, 0) is 4.74 Å². The second-order valence-electron chi connectivity index (χ2n) is 5.07. The Kier molecular flexibility index (Phi) is 7.95. The van der Waals surface area contributed by atoms with Gasteiger partial charge in [0.15, 0.2) is 0 Å². The van der Waals surface area contributed by atoms with Gasteiger partial charge in [-0.1, -0.05) is 6.92 Å². The average Bonchev–Trinajstić information content (AvgIpc) is 2.39. The predicted octanol–water partition coefficient (Wildman–Crippen LogP) is 3.19. The Labute approximate surface area is 122 Å². The highest BCUT2D eigenvalue weighted by Crippen LogP contribution is 2.12. The molecule has 0 bridgehead atoms. The van der Waals surface area contributed by atoms with Gasteiger partial charge in [0.25, 0.3) is 0 Å². The number of nitrogens with one attached hydrogen (secondary N) is 1. The fourth-order valence-corrected chi connectivity index (χ4v) is 1.65. The van der Waals surface area contributed by atoms with E-state index in [1.54, 1.807) is 0 Å². The van der Waals surface area contributed by atoms with Crippen LogP contribution in [0.4, 0.5) is 5.95 Å². The van der Waals surface area contributed by atoms with Gasteiger partial charge in [-0.05, 0) is 40.0 Å². The summed E-state index contributed by atoms with van der Waals surface area (Å²) < 4.78 is 11.0.